The number of rotatable bonds is 2. The minimum absolute atomic E-state index is 1.01. The van der Waals surface area contributed by atoms with Gasteiger partial charge in [0.15, 0.2) is 0 Å². The number of fused-ring (bicyclic) bond motifs is 10. The van der Waals surface area contributed by atoms with Gasteiger partial charge in [0.2, 0.25) is 0 Å². The van der Waals surface area contributed by atoms with Crippen molar-refractivity contribution in [2.75, 3.05) is 0 Å². The molecule has 0 N–H and O–H groups in total. The summed E-state index contributed by atoms with van der Waals surface area (Å²) in [4.78, 5) is 0. The van der Waals surface area contributed by atoms with Gasteiger partial charge in [-0.25, -0.2) is 0 Å². The molecule has 9 rings (SSSR count). The first-order valence-electron chi connectivity index (χ1n) is 13.8. The van der Waals surface area contributed by atoms with E-state index in [1.54, 1.807) is 0 Å². The normalized spacial score (nSPS) is 14.8. The quantitative estimate of drug-likeness (QED) is 0.226. The standard InChI is InChI=1S/C39H24/c1-2-12-27(13-3-1)34-35-29-16-6-4-10-25(29)20-22-32(35)39-37(31-19-9-15-24-14-8-18-28(24)31)36-30-17-7-5-11-26(30)21-23-33(36)38(34)39/h1-13,15-23H,14H2. The number of hydrogen-bond donors (Lipinski definition) is 0. The third-order valence-electron chi connectivity index (χ3n) is 8.80. The Hall–Kier alpha value is -4.94. The Morgan fingerprint density at radius 1 is 0.410 bits per heavy atom. The summed E-state index contributed by atoms with van der Waals surface area (Å²) in [6.45, 7) is 0. The van der Waals surface area contributed by atoms with Crippen LogP contribution in [-0.2, 0) is 6.42 Å². The molecule has 0 aromatic heterocycles. The van der Waals surface area contributed by atoms with E-state index in [1.807, 2.05) is 0 Å². The lowest BCUT2D eigenvalue weighted by atomic mass is 9.86. The molecule has 6 aromatic carbocycles. The molecule has 180 valence electrons. The van der Waals surface area contributed by atoms with Crippen molar-refractivity contribution in [3.8, 4) is 0 Å². The number of hydrogen-bond acceptors (Lipinski definition) is 0. The summed E-state index contributed by atoms with van der Waals surface area (Å²) in [6.07, 6.45) is 5.65. The van der Waals surface area contributed by atoms with Crippen LogP contribution in [0.5, 0.6) is 0 Å². The Labute approximate surface area is 227 Å². The molecule has 0 aliphatic heterocycles. The van der Waals surface area contributed by atoms with E-state index in [0.29, 0.717) is 0 Å². The van der Waals surface area contributed by atoms with Crippen LogP contribution in [-0.4, -0.2) is 0 Å². The van der Waals surface area contributed by atoms with E-state index in [-0.39, 0.29) is 0 Å². The Morgan fingerprint density at radius 3 is 1.74 bits per heavy atom. The minimum atomic E-state index is 1.01. The van der Waals surface area contributed by atoms with Gasteiger partial charge in [0.1, 0.15) is 0 Å². The molecule has 39 heavy (non-hydrogen) atoms. The van der Waals surface area contributed by atoms with E-state index in [4.69, 9.17) is 0 Å². The molecular weight excluding hydrogens is 468 g/mol. The second-order valence-corrected chi connectivity index (χ2v) is 10.8. The molecule has 0 unspecified atom stereocenters. The first-order chi connectivity index (χ1) is 19.4. The zero-order valence-corrected chi connectivity index (χ0v) is 21.4. The van der Waals surface area contributed by atoms with Crippen LogP contribution in [0.1, 0.15) is 44.5 Å². The minimum Gasteiger partial charge on any atom is -0.0795 e. The fourth-order valence-corrected chi connectivity index (χ4v) is 7.21. The average Bonchev–Trinajstić information content (AvgIpc) is 3.70. The number of allylic oxidation sites excluding steroid dienone is 3. The molecule has 0 atom stereocenters. The van der Waals surface area contributed by atoms with Gasteiger partial charge in [-0.3, -0.25) is 0 Å². The zero-order chi connectivity index (χ0) is 25.5. The fourth-order valence-electron chi connectivity index (χ4n) is 7.21. The molecule has 3 aliphatic rings. The highest BCUT2D eigenvalue weighted by atomic mass is 14.4. The van der Waals surface area contributed by atoms with Gasteiger partial charge < -0.3 is 0 Å². The van der Waals surface area contributed by atoms with Crippen LogP contribution in [0.4, 0.5) is 0 Å². The van der Waals surface area contributed by atoms with Gasteiger partial charge in [0.25, 0.3) is 0 Å². The highest BCUT2D eigenvalue weighted by molar-refractivity contribution is 6.38. The van der Waals surface area contributed by atoms with Gasteiger partial charge in [0.05, 0.1) is 0 Å². The number of benzene rings is 6. The Morgan fingerprint density at radius 2 is 1.03 bits per heavy atom. The molecule has 0 fully saturated rings. The molecule has 0 heterocycles. The second kappa shape index (κ2) is 7.79. The summed E-state index contributed by atoms with van der Waals surface area (Å²) in [5.74, 6) is 0. The van der Waals surface area contributed by atoms with Crippen LogP contribution in [0.2, 0.25) is 0 Å². The van der Waals surface area contributed by atoms with E-state index < -0.39 is 0 Å². The van der Waals surface area contributed by atoms with Gasteiger partial charge in [-0.2, -0.15) is 0 Å². The summed E-state index contributed by atoms with van der Waals surface area (Å²) in [5.41, 5.74) is 16.3. The molecule has 0 heteroatoms. The SMILES string of the molecule is C1=Cc2c(cccc2C2=C3C(=C(c4ccccc4)c4c3ccc3ccccc43)c3ccc4ccccc4c32)C1. The highest BCUT2D eigenvalue weighted by Gasteiger charge is 2.39. The molecule has 6 aromatic rings. The lowest BCUT2D eigenvalue weighted by molar-refractivity contribution is 1.30. The van der Waals surface area contributed by atoms with Crippen LogP contribution in [0, 0.1) is 0 Å². The zero-order valence-electron chi connectivity index (χ0n) is 21.4. The van der Waals surface area contributed by atoms with Gasteiger partial charge >= 0.3 is 0 Å². The van der Waals surface area contributed by atoms with Crippen molar-refractivity contribution in [1.29, 1.82) is 0 Å². The molecule has 0 saturated carbocycles. The molecule has 0 amide bonds. The van der Waals surface area contributed by atoms with Crippen LogP contribution in [0.3, 0.4) is 0 Å². The predicted molar refractivity (Wildman–Crippen MR) is 165 cm³/mol. The molecule has 0 radical (unpaired) electrons. The Bertz CT molecular complexity index is 2120. The van der Waals surface area contributed by atoms with Gasteiger partial charge in [0, 0.05) is 0 Å². The summed E-state index contributed by atoms with van der Waals surface area (Å²) < 4.78 is 0. The Kier molecular flexibility index (Phi) is 4.20. The third-order valence-corrected chi connectivity index (χ3v) is 8.80. The molecule has 0 bridgehead atoms. The average molecular weight is 493 g/mol. The van der Waals surface area contributed by atoms with Crippen molar-refractivity contribution in [1.82, 2.24) is 0 Å². The molecule has 0 nitrogen and oxygen atoms in total. The van der Waals surface area contributed by atoms with Crippen molar-refractivity contribution in [3.05, 3.63) is 172 Å². The second-order valence-electron chi connectivity index (χ2n) is 10.8. The lowest BCUT2D eigenvalue weighted by Crippen LogP contribution is -1.97. The molecule has 0 saturated heterocycles. The summed E-state index contributed by atoms with van der Waals surface area (Å²) in [6, 6.07) is 45.0. The van der Waals surface area contributed by atoms with Crippen molar-refractivity contribution in [2.45, 2.75) is 6.42 Å². The van der Waals surface area contributed by atoms with Gasteiger partial charge in [-0.1, -0.05) is 133 Å². The van der Waals surface area contributed by atoms with Gasteiger partial charge in [-0.15, -0.1) is 0 Å². The maximum atomic E-state index is 2.37. The van der Waals surface area contributed by atoms with Crippen LogP contribution in [0.25, 0.3) is 49.9 Å². The third kappa shape index (κ3) is 2.78. The lowest BCUT2D eigenvalue weighted by Gasteiger charge is -2.17. The maximum absolute atomic E-state index is 2.37. The topological polar surface area (TPSA) is 0 Å². The molecular formula is C39H24. The van der Waals surface area contributed by atoms with Crippen molar-refractivity contribution in [3.63, 3.8) is 0 Å². The van der Waals surface area contributed by atoms with Gasteiger partial charge in [-0.05, 0) is 94.8 Å². The van der Waals surface area contributed by atoms with Crippen LogP contribution < -0.4 is 0 Å². The smallest absolute Gasteiger partial charge is 0.000696 e. The van der Waals surface area contributed by atoms with Crippen molar-refractivity contribution in [2.24, 2.45) is 0 Å². The molecule has 3 aliphatic carbocycles. The van der Waals surface area contributed by atoms with E-state index in [9.17, 15) is 0 Å². The monoisotopic (exact) mass is 492 g/mol. The summed E-state index contributed by atoms with van der Waals surface area (Å²) in [5, 5.41) is 5.23. The maximum Gasteiger partial charge on any atom is -0.000696 e. The van der Waals surface area contributed by atoms with Crippen LogP contribution >= 0.6 is 0 Å². The first-order valence-corrected chi connectivity index (χ1v) is 13.8. The fraction of sp³-hybridized carbons (Fsp3) is 0.0256. The molecule has 0 spiro atoms. The Balaban J connectivity index is 1.53. The summed E-state index contributed by atoms with van der Waals surface area (Å²) >= 11 is 0. The van der Waals surface area contributed by atoms with Crippen molar-refractivity contribution >= 4 is 49.9 Å². The highest BCUT2D eigenvalue weighted by Crippen LogP contribution is 2.61. The summed E-state index contributed by atoms with van der Waals surface area (Å²) in [7, 11) is 0. The van der Waals surface area contributed by atoms with Crippen molar-refractivity contribution < 1.29 is 0 Å². The predicted octanol–water partition coefficient (Wildman–Crippen LogP) is 9.81. The van der Waals surface area contributed by atoms with E-state index in [0.717, 1.165) is 6.42 Å². The van der Waals surface area contributed by atoms with E-state index in [1.165, 1.54) is 88.3 Å². The van der Waals surface area contributed by atoms with E-state index in [2.05, 4.69) is 133 Å². The van der Waals surface area contributed by atoms with Crippen LogP contribution in [0.15, 0.2) is 127 Å². The largest absolute Gasteiger partial charge is 0.0795 e. The first kappa shape index (κ1) is 21.0. The van der Waals surface area contributed by atoms with E-state index >= 15 is 0 Å².